The first-order valence-corrected chi connectivity index (χ1v) is 11.6. The Labute approximate surface area is 207 Å². The molecule has 0 spiro atoms. The maximum atomic E-state index is 11.9. The molecule has 1 aromatic carbocycles. The normalized spacial score (nSPS) is 19.9. The lowest BCUT2D eigenvalue weighted by Crippen LogP contribution is -2.29. The molecule has 6 rings (SSSR count). The number of likely N-dealkylation sites (tertiary alicyclic amines) is 1. The zero-order chi connectivity index (χ0) is 24.8. The number of piperidine rings is 1. The second-order valence-electron chi connectivity index (χ2n) is 8.98. The summed E-state index contributed by atoms with van der Waals surface area (Å²) in [5.74, 6) is 9.44. The van der Waals surface area contributed by atoms with Gasteiger partial charge in [0.1, 0.15) is 29.2 Å². The Morgan fingerprint density at radius 3 is 2.64 bits per heavy atom. The van der Waals surface area contributed by atoms with Crippen LogP contribution >= 0.6 is 0 Å². The van der Waals surface area contributed by atoms with E-state index in [9.17, 15) is 4.79 Å². The summed E-state index contributed by atoms with van der Waals surface area (Å²) in [5.41, 5.74) is 9.67. The van der Waals surface area contributed by atoms with Crippen LogP contribution < -0.4 is 10.5 Å². The third-order valence-electron chi connectivity index (χ3n) is 6.94. The molecule has 9 heteroatoms. The van der Waals surface area contributed by atoms with E-state index in [2.05, 4.69) is 38.4 Å². The predicted molar refractivity (Wildman–Crippen MR) is 135 cm³/mol. The zero-order valence-corrected chi connectivity index (χ0v) is 19.6. The number of hydrogen-bond donors (Lipinski definition) is 1. The number of nitrogens with two attached hydrogens (primary N) is 1. The topological polar surface area (TPSA) is 112 Å². The fraction of sp³-hybridized carbons (Fsp3) is 0.222. The number of benzene rings is 1. The maximum absolute atomic E-state index is 11.9. The van der Waals surface area contributed by atoms with Gasteiger partial charge in [-0.05, 0) is 41.5 Å². The first-order valence-electron chi connectivity index (χ1n) is 11.6. The van der Waals surface area contributed by atoms with Gasteiger partial charge in [0, 0.05) is 44.0 Å². The van der Waals surface area contributed by atoms with Gasteiger partial charge < -0.3 is 19.9 Å². The third kappa shape index (κ3) is 3.64. The molecule has 1 aliphatic carbocycles. The molecule has 3 aromatic heterocycles. The van der Waals surface area contributed by atoms with Crippen molar-refractivity contribution in [2.75, 3.05) is 18.8 Å². The number of rotatable bonds is 4. The molecule has 1 saturated carbocycles. The van der Waals surface area contributed by atoms with Crippen LogP contribution in [0.5, 0.6) is 11.6 Å². The van der Waals surface area contributed by atoms with Crippen molar-refractivity contribution in [3.63, 3.8) is 0 Å². The van der Waals surface area contributed by atoms with Gasteiger partial charge in [-0.25, -0.2) is 15.0 Å². The van der Waals surface area contributed by atoms with E-state index < -0.39 is 0 Å². The van der Waals surface area contributed by atoms with Gasteiger partial charge in [0.05, 0.1) is 11.6 Å². The standard InChI is InChI=1S/C27H23N7O2/c1-3-23(35)34-13-19-18(20(19)14-34)8-9-21-24(25-26(28)31-15-32-27(25)33(21)2)16-4-6-17(7-5-16)36-22-12-29-10-11-30-22/h3-7,10-12,15,18-20H,1,13-14H2,2H3,(H2,28,31,32)/t18-,19-,20+. The number of nitrogen functional groups attached to an aromatic ring is 1. The molecule has 2 aliphatic rings. The molecule has 0 radical (unpaired) electrons. The summed E-state index contributed by atoms with van der Waals surface area (Å²) < 4.78 is 7.75. The number of aryl methyl sites for hydroxylation is 1. The largest absolute Gasteiger partial charge is 0.438 e. The van der Waals surface area contributed by atoms with Gasteiger partial charge in [-0.2, -0.15) is 0 Å². The third-order valence-corrected chi connectivity index (χ3v) is 6.94. The Kier molecular flexibility index (Phi) is 5.15. The van der Waals surface area contributed by atoms with Crippen LogP contribution in [-0.2, 0) is 11.8 Å². The Bertz CT molecular complexity index is 1540. The van der Waals surface area contributed by atoms with Gasteiger partial charge in [-0.15, -0.1) is 0 Å². The lowest BCUT2D eigenvalue weighted by Gasteiger charge is -2.16. The van der Waals surface area contributed by atoms with Crippen molar-refractivity contribution in [1.82, 2.24) is 29.4 Å². The number of carbonyl (C=O) groups excluding carboxylic acids is 1. The molecular formula is C27H23N7O2. The number of hydrogen-bond acceptors (Lipinski definition) is 7. The summed E-state index contributed by atoms with van der Waals surface area (Å²) in [6, 6.07) is 7.67. The highest BCUT2D eigenvalue weighted by Gasteiger charge is 2.55. The molecule has 2 N–H and O–H groups in total. The van der Waals surface area contributed by atoms with Crippen LogP contribution in [0.15, 0.2) is 61.8 Å². The van der Waals surface area contributed by atoms with E-state index in [-0.39, 0.29) is 11.8 Å². The van der Waals surface area contributed by atoms with Crippen LogP contribution in [0.1, 0.15) is 5.69 Å². The first kappa shape index (κ1) is 21.8. The molecule has 1 amide bonds. The average molecular weight is 478 g/mol. The SMILES string of the molecule is C=CC(=O)N1C[C@@H]2[C@@H](C#Cc3c(-c4ccc(Oc5cnccn5)cc4)c4c(N)ncnc4n3C)[C@@H]2C1. The van der Waals surface area contributed by atoms with Crippen molar-refractivity contribution < 1.29 is 9.53 Å². The lowest BCUT2D eigenvalue weighted by atomic mass is 10.0. The Morgan fingerprint density at radius 2 is 1.94 bits per heavy atom. The average Bonchev–Trinajstić information content (AvgIpc) is 3.21. The highest BCUT2D eigenvalue weighted by molar-refractivity contribution is 6.03. The van der Waals surface area contributed by atoms with Crippen LogP contribution in [0.25, 0.3) is 22.2 Å². The molecule has 0 bridgehead atoms. The highest BCUT2D eigenvalue weighted by atomic mass is 16.5. The van der Waals surface area contributed by atoms with Crippen molar-refractivity contribution >= 4 is 22.8 Å². The molecular weight excluding hydrogens is 454 g/mol. The molecule has 1 saturated heterocycles. The minimum Gasteiger partial charge on any atom is -0.438 e. The molecule has 9 nitrogen and oxygen atoms in total. The molecule has 2 fully saturated rings. The van der Waals surface area contributed by atoms with Crippen molar-refractivity contribution in [3.05, 3.63) is 67.5 Å². The smallest absolute Gasteiger partial charge is 0.245 e. The van der Waals surface area contributed by atoms with Gasteiger partial charge in [-0.1, -0.05) is 24.6 Å². The van der Waals surface area contributed by atoms with Crippen molar-refractivity contribution in [2.24, 2.45) is 24.8 Å². The van der Waals surface area contributed by atoms with Gasteiger partial charge >= 0.3 is 0 Å². The van der Waals surface area contributed by atoms with Crippen LogP contribution in [0.2, 0.25) is 0 Å². The van der Waals surface area contributed by atoms with Crippen molar-refractivity contribution in [2.45, 2.75) is 0 Å². The van der Waals surface area contributed by atoms with E-state index in [0.717, 1.165) is 40.9 Å². The number of fused-ring (bicyclic) bond motifs is 2. The monoisotopic (exact) mass is 477 g/mol. The summed E-state index contributed by atoms with van der Waals surface area (Å²) >= 11 is 0. The van der Waals surface area contributed by atoms with Crippen LogP contribution in [-0.4, -0.2) is 48.4 Å². The lowest BCUT2D eigenvalue weighted by molar-refractivity contribution is -0.125. The second-order valence-corrected chi connectivity index (χ2v) is 8.98. The summed E-state index contributed by atoms with van der Waals surface area (Å²) in [6.45, 7) is 5.06. The molecule has 4 heterocycles. The van der Waals surface area contributed by atoms with Crippen LogP contribution in [0.4, 0.5) is 5.82 Å². The molecule has 36 heavy (non-hydrogen) atoms. The Balaban J connectivity index is 1.34. The van der Waals surface area contributed by atoms with E-state index in [1.54, 1.807) is 18.6 Å². The van der Waals surface area contributed by atoms with Crippen molar-refractivity contribution in [1.29, 1.82) is 0 Å². The molecule has 4 aromatic rings. The minimum atomic E-state index is -0.00864. The Hall–Kier alpha value is -4.71. The number of anilines is 1. The number of nitrogens with zero attached hydrogens (tertiary/aromatic N) is 6. The number of amides is 1. The number of carbonyl (C=O) groups is 1. The van der Waals surface area contributed by atoms with E-state index in [1.807, 2.05) is 40.8 Å². The van der Waals surface area contributed by atoms with E-state index in [4.69, 9.17) is 10.5 Å². The summed E-state index contributed by atoms with van der Waals surface area (Å²) in [5, 5.41) is 0.769. The van der Waals surface area contributed by atoms with E-state index >= 15 is 0 Å². The number of ether oxygens (including phenoxy) is 1. The fourth-order valence-corrected chi connectivity index (χ4v) is 5.05. The molecule has 0 unspecified atom stereocenters. The Morgan fingerprint density at radius 1 is 1.17 bits per heavy atom. The highest BCUT2D eigenvalue weighted by Crippen LogP contribution is 2.51. The summed E-state index contributed by atoms with van der Waals surface area (Å²) in [4.78, 5) is 30.6. The minimum absolute atomic E-state index is 0.00864. The predicted octanol–water partition coefficient (Wildman–Crippen LogP) is 3.04. The molecule has 1 aliphatic heterocycles. The number of aromatic nitrogens is 5. The van der Waals surface area contributed by atoms with Crippen LogP contribution in [0, 0.1) is 29.6 Å². The van der Waals surface area contributed by atoms with Gasteiger partial charge in [0.15, 0.2) is 0 Å². The summed E-state index contributed by atoms with van der Waals surface area (Å²) in [6.07, 6.45) is 7.58. The van der Waals surface area contributed by atoms with E-state index in [0.29, 0.717) is 29.3 Å². The quantitative estimate of drug-likeness (QED) is 0.355. The van der Waals surface area contributed by atoms with Crippen molar-refractivity contribution in [3.8, 4) is 34.6 Å². The second kappa shape index (κ2) is 8.50. The van der Waals surface area contributed by atoms with Gasteiger partial charge in [0.2, 0.25) is 11.8 Å². The van der Waals surface area contributed by atoms with Gasteiger partial charge in [-0.3, -0.25) is 9.78 Å². The molecule has 178 valence electrons. The molecule has 3 atom stereocenters. The van der Waals surface area contributed by atoms with Crippen LogP contribution in [0.3, 0.4) is 0 Å². The maximum Gasteiger partial charge on any atom is 0.245 e. The fourth-order valence-electron chi connectivity index (χ4n) is 5.05. The zero-order valence-electron chi connectivity index (χ0n) is 19.6. The van der Waals surface area contributed by atoms with E-state index in [1.165, 1.54) is 12.4 Å². The summed E-state index contributed by atoms with van der Waals surface area (Å²) in [7, 11) is 1.94. The first-order chi connectivity index (χ1) is 17.5. The van der Waals surface area contributed by atoms with Gasteiger partial charge in [0.25, 0.3) is 0 Å².